The highest BCUT2D eigenvalue weighted by Gasteiger charge is 2.16. The van der Waals surface area contributed by atoms with E-state index in [1.807, 2.05) is 6.92 Å². The highest BCUT2D eigenvalue weighted by molar-refractivity contribution is 7.99. The van der Waals surface area contributed by atoms with E-state index in [-0.39, 0.29) is 34.7 Å². The molecule has 152 valence electrons. The van der Waals surface area contributed by atoms with Crippen LogP contribution in [0.1, 0.15) is 23.3 Å². The van der Waals surface area contributed by atoms with E-state index in [4.69, 9.17) is 16.0 Å². The van der Waals surface area contributed by atoms with Crippen molar-refractivity contribution in [2.45, 2.75) is 25.2 Å². The first kappa shape index (κ1) is 20.9. The lowest BCUT2D eigenvalue weighted by molar-refractivity contribution is -0.113. The van der Waals surface area contributed by atoms with Crippen LogP contribution in [0.3, 0.4) is 0 Å². The summed E-state index contributed by atoms with van der Waals surface area (Å²) in [7, 11) is 0. The maximum atomic E-state index is 13.8. The van der Waals surface area contributed by atoms with Gasteiger partial charge in [-0.1, -0.05) is 23.4 Å². The van der Waals surface area contributed by atoms with Crippen molar-refractivity contribution in [3.63, 3.8) is 0 Å². The topological polar surface area (TPSA) is 102 Å². The Bertz CT molecular complexity index is 1010. The van der Waals surface area contributed by atoms with E-state index in [9.17, 15) is 14.0 Å². The molecule has 0 saturated carbocycles. The van der Waals surface area contributed by atoms with Gasteiger partial charge < -0.3 is 19.6 Å². The third kappa shape index (κ3) is 5.36. The van der Waals surface area contributed by atoms with Crippen LogP contribution in [0.15, 0.2) is 46.2 Å². The first-order chi connectivity index (χ1) is 14.0. The number of nitrogens with one attached hydrogen (secondary N) is 2. The van der Waals surface area contributed by atoms with Crippen molar-refractivity contribution < 1.29 is 18.4 Å². The molecule has 3 aromatic rings. The van der Waals surface area contributed by atoms with Crippen LogP contribution in [-0.2, 0) is 17.9 Å². The van der Waals surface area contributed by atoms with Crippen LogP contribution < -0.4 is 10.6 Å². The number of aromatic nitrogens is 3. The van der Waals surface area contributed by atoms with E-state index in [2.05, 4.69) is 20.8 Å². The number of carbonyl (C=O) groups is 2. The van der Waals surface area contributed by atoms with Crippen LogP contribution in [0.5, 0.6) is 0 Å². The summed E-state index contributed by atoms with van der Waals surface area (Å²) in [6, 6.07) is 7.20. The van der Waals surface area contributed by atoms with Crippen molar-refractivity contribution in [3.8, 4) is 0 Å². The maximum Gasteiger partial charge on any atom is 0.287 e. The molecule has 11 heteroatoms. The number of amides is 2. The largest absolute Gasteiger partial charge is 0.459 e. The van der Waals surface area contributed by atoms with Gasteiger partial charge in [-0.2, -0.15) is 0 Å². The van der Waals surface area contributed by atoms with Crippen LogP contribution >= 0.6 is 23.4 Å². The molecule has 0 radical (unpaired) electrons. The zero-order valence-electron chi connectivity index (χ0n) is 15.3. The van der Waals surface area contributed by atoms with Gasteiger partial charge in [0, 0.05) is 11.6 Å². The summed E-state index contributed by atoms with van der Waals surface area (Å²) in [6.45, 7) is 2.60. The molecule has 0 spiro atoms. The molecule has 2 heterocycles. The van der Waals surface area contributed by atoms with Gasteiger partial charge in [0.05, 0.1) is 24.2 Å². The number of hydrogen-bond acceptors (Lipinski definition) is 6. The monoisotopic (exact) mass is 437 g/mol. The molecule has 0 unspecified atom stereocenters. The lowest BCUT2D eigenvalue weighted by Gasteiger charge is -2.09. The Morgan fingerprint density at radius 1 is 1.31 bits per heavy atom. The molecule has 0 aliphatic heterocycles. The zero-order chi connectivity index (χ0) is 20.8. The van der Waals surface area contributed by atoms with Gasteiger partial charge in [-0.25, -0.2) is 4.39 Å². The minimum atomic E-state index is -0.609. The third-order valence-corrected chi connectivity index (χ3v) is 5.00. The van der Waals surface area contributed by atoms with Crippen LogP contribution in [-0.4, -0.2) is 32.3 Å². The van der Waals surface area contributed by atoms with Gasteiger partial charge >= 0.3 is 0 Å². The van der Waals surface area contributed by atoms with Crippen LogP contribution in [0.25, 0.3) is 0 Å². The predicted molar refractivity (Wildman–Crippen MR) is 106 cm³/mol. The van der Waals surface area contributed by atoms with E-state index in [1.54, 1.807) is 16.7 Å². The fraction of sp³-hybridized carbons (Fsp3) is 0.222. The fourth-order valence-electron chi connectivity index (χ4n) is 2.44. The van der Waals surface area contributed by atoms with E-state index in [1.165, 1.54) is 18.4 Å². The molecule has 2 N–H and O–H groups in total. The molecule has 0 fully saturated rings. The van der Waals surface area contributed by atoms with Crippen molar-refractivity contribution in [2.75, 3.05) is 11.1 Å². The molecule has 0 saturated heterocycles. The van der Waals surface area contributed by atoms with Gasteiger partial charge in [-0.15, -0.1) is 10.2 Å². The quantitative estimate of drug-likeness (QED) is 0.524. The maximum absolute atomic E-state index is 13.8. The Morgan fingerprint density at radius 2 is 2.14 bits per heavy atom. The number of rotatable bonds is 8. The number of benzene rings is 1. The molecule has 1 aromatic carbocycles. The lowest BCUT2D eigenvalue weighted by atomic mass is 10.3. The number of hydrogen-bond donors (Lipinski definition) is 2. The molecule has 2 aromatic heterocycles. The standard InChI is InChI=1S/C18H17ClFN5O3S/c1-2-25-15(9-21-17(27)14-4-3-7-28-14)23-24-18(25)29-10-16(26)22-13-6-5-11(19)8-12(13)20/h3-8H,2,9-10H2,1H3,(H,21,27)(H,22,26). The fourth-order valence-corrected chi connectivity index (χ4v) is 3.42. The molecule has 3 rings (SSSR count). The van der Waals surface area contributed by atoms with Crippen molar-refractivity contribution in [3.05, 3.63) is 59.0 Å². The average molecular weight is 438 g/mol. The molecule has 0 aliphatic carbocycles. The Morgan fingerprint density at radius 3 is 2.83 bits per heavy atom. The van der Waals surface area contributed by atoms with Crippen molar-refractivity contribution in [2.24, 2.45) is 0 Å². The molecule has 29 heavy (non-hydrogen) atoms. The summed E-state index contributed by atoms with van der Waals surface area (Å²) in [5.41, 5.74) is 0.0540. The molecular weight excluding hydrogens is 421 g/mol. The van der Waals surface area contributed by atoms with Crippen LogP contribution in [0.2, 0.25) is 5.02 Å². The summed E-state index contributed by atoms with van der Waals surface area (Å²) in [6.07, 6.45) is 1.42. The number of halogens is 2. The predicted octanol–water partition coefficient (Wildman–Crippen LogP) is 3.34. The minimum absolute atomic E-state index is 0.0129. The number of carbonyl (C=O) groups excluding carboxylic acids is 2. The van der Waals surface area contributed by atoms with E-state index in [0.717, 1.165) is 17.8 Å². The average Bonchev–Trinajstić information content (AvgIpc) is 3.36. The molecule has 8 nitrogen and oxygen atoms in total. The Balaban J connectivity index is 1.57. The smallest absolute Gasteiger partial charge is 0.287 e. The molecule has 2 amide bonds. The van der Waals surface area contributed by atoms with Crippen molar-refractivity contribution in [1.29, 1.82) is 0 Å². The number of furan rings is 1. The zero-order valence-corrected chi connectivity index (χ0v) is 16.9. The number of nitrogens with zero attached hydrogens (tertiary/aromatic N) is 3. The van der Waals surface area contributed by atoms with Crippen molar-refractivity contribution in [1.82, 2.24) is 20.1 Å². The lowest BCUT2D eigenvalue weighted by Crippen LogP contribution is -2.24. The summed E-state index contributed by atoms with van der Waals surface area (Å²) >= 11 is 6.86. The summed E-state index contributed by atoms with van der Waals surface area (Å²) in [4.78, 5) is 24.1. The molecule has 0 atom stereocenters. The van der Waals surface area contributed by atoms with Gasteiger partial charge in [0.15, 0.2) is 16.7 Å². The second-order valence-corrected chi connectivity index (χ2v) is 7.14. The number of anilines is 1. The Labute approximate surface area is 174 Å². The SMILES string of the molecule is CCn1c(CNC(=O)c2ccco2)nnc1SCC(=O)Nc1ccc(Cl)cc1F. The van der Waals surface area contributed by atoms with Gasteiger partial charge in [0.1, 0.15) is 5.82 Å². The summed E-state index contributed by atoms with van der Waals surface area (Å²) in [5, 5.41) is 14.1. The van der Waals surface area contributed by atoms with E-state index >= 15 is 0 Å². The molecular formula is C18H17ClFN5O3S. The van der Waals surface area contributed by atoms with Gasteiger partial charge in [-0.3, -0.25) is 9.59 Å². The summed E-state index contributed by atoms with van der Waals surface area (Å²) < 4.78 is 20.6. The van der Waals surface area contributed by atoms with Crippen LogP contribution in [0, 0.1) is 5.82 Å². The van der Waals surface area contributed by atoms with Gasteiger partial charge in [0.25, 0.3) is 5.91 Å². The highest BCUT2D eigenvalue weighted by atomic mass is 35.5. The van der Waals surface area contributed by atoms with Crippen molar-refractivity contribution >= 4 is 40.9 Å². The van der Waals surface area contributed by atoms with E-state index in [0.29, 0.717) is 17.5 Å². The molecule has 0 aliphatic rings. The normalized spacial score (nSPS) is 10.7. The third-order valence-electron chi connectivity index (χ3n) is 3.80. The molecule has 0 bridgehead atoms. The second-order valence-electron chi connectivity index (χ2n) is 5.76. The Hall–Kier alpha value is -2.85. The Kier molecular flexibility index (Phi) is 6.89. The minimum Gasteiger partial charge on any atom is -0.459 e. The first-order valence-corrected chi connectivity index (χ1v) is 9.95. The second kappa shape index (κ2) is 9.57. The highest BCUT2D eigenvalue weighted by Crippen LogP contribution is 2.21. The first-order valence-electron chi connectivity index (χ1n) is 8.59. The van der Waals surface area contributed by atoms with Gasteiger partial charge in [0.2, 0.25) is 5.91 Å². The number of thioether (sulfide) groups is 1. The van der Waals surface area contributed by atoms with Gasteiger partial charge in [-0.05, 0) is 37.3 Å². The van der Waals surface area contributed by atoms with Crippen LogP contribution in [0.4, 0.5) is 10.1 Å². The van der Waals surface area contributed by atoms with E-state index < -0.39 is 11.7 Å². The summed E-state index contributed by atoms with van der Waals surface area (Å²) in [5.74, 6) is -0.609.